The van der Waals surface area contributed by atoms with Gasteiger partial charge in [-0.15, -0.1) is 0 Å². The molecule has 10 heteroatoms. The van der Waals surface area contributed by atoms with Gasteiger partial charge in [0.05, 0.1) is 25.4 Å². The number of urea groups is 1. The zero-order valence-electron chi connectivity index (χ0n) is 20.5. The Labute approximate surface area is 209 Å². The molecule has 188 valence electrons. The number of aromatic amines is 1. The van der Waals surface area contributed by atoms with E-state index in [1.807, 2.05) is 54.4 Å². The van der Waals surface area contributed by atoms with Gasteiger partial charge in [0.25, 0.3) is 0 Å². The number of anilines is 1. The van der Waals surface area contributed by atoms with Crippen LogP contribution in [0.15, 0.2) is 48.8 Å². The van der Waals surface area contributed by atoms with Gasteiger partial charge < -0.3 is 19.6 Å². The van der Waals surface area contributed by atoms with Crippen LogP contribution in [0.25, 0.3) is 11.1 Å². The summed E-state index contributed by atoms with van der Waals surface area (Å²) in [5.41, 5.74) is 3.22. The third kappa shape index (κ3) is 4.28. The van der Waals surface area contributed by atoms with Crippen molar-refractivity contribution >= 4 is 17.8 Å². The van der Waals surface area contributed by atoms with E-state index in [1.165, 1.54) is 0 Å². The molecule has 2 fully saturated rings. The second-order valence-corrected chi connectivity index (χ2v) is 9.36. The van der Waals surface area contributed by atoms with Crippen LogP contribution < -0.4 is 9.64 Å². The van der Waals surface area contributed by atoms with Crippen molar-refractivity contribution in [3.8, 4) is 16.9 Å². The number of rotatable bonds is 6. The Balaban J connectivity index is 1.46. The van der Waals surface area contributed by atoms with Crippen molar-refractivity contribution in [3.05, 3.63) is 60.0 Å². The highest BCUT2D eigenvalue weighted by atomic mass is 16.5. The predicted octanol–water partition coefficient (Wildman–Crippen LogP) is 2.58. The Kier molecular flexibility index (Phi) is 6.36. The molecule has 2 N–H and O–H groups in total. The molecule has 0 atom stereocenters. The Morgan fingerprint density at radius 3 is 2.69 bits per heavy atom. The molecule has 2 aliphatic heterocycles. The smallest absolute Gasteiger partial charge is 0.326 e. The van der Waals surface area contributed by atoms with Crippen molar-refractivity contribution in [1.29, 1.82) is 0 Å². The lowest BCUT2D eigenvalue weighted by Gasteiger charge is -2.43. The molecule has 36 heavy (non-hydrogen) atoms. The fourth-order valence-corrected chi connectivity index (χ4v) is 5.27. The summed E-state index contributed by atoms with van der Waals surface area (Å²) in [4.78, 5) is 36.1. The minimum absolute atomic E-state index is 0.109. The second-order valence-electron chi connectivity index (χ2n) is 9.36. The topological polar surface area (TPSA) is 115 Å². The normalized spacial score (nSPS) is 17.2. The van der Waals surface area contributed by atoms with Gasteiger partial charge in [0.2, 0.25) is 5.91 Å². The van der Waals surface area contributed by atoms with Gasteiger partial charge in [-0.05, 0) is 49.6 Å². The number of carbonyl (C=O) groups excluding carboxylic acids is 2. The van der Waals surface area contributed by atoms with E-state index in [9.17, 15) is 14.7 Å². The van der Waals surface area contributed by atoms with Gasteiger partial charge in [-0.2, -0.15) is 5.10 Å². The first-order valence-corrected chi connectivity index (χ1v) is 12.0. The summed E-state index contributed by atoms with van der Waals surface area (Å²) in [7, 11) is 1.62. The zero-order chi connectivity index (χ0) is 25.3. The fraction of sp³-hybridized carbons (Fsp3) is 0.385. The zero-order valence-corrected chi connectivity index (χ0v) is 20.5. The average molecular weight is 491 g/mol. The molecule has 0 unspecified atom stereocenters. The van der Waals surface area contributed by atoms with E-state index in [0.717, 1.165) is 28.1 Å². The summed E-state index contributed by atoms with van der Waals surface area (Å²) in [6.07, 6.45) is 4.81. The van der Waals surface area contributed by atoms with Crippen LogP contribution in [0.3, 0.4) is 0 Å². The van der Waals surface area contributed by atoms with Gasteiger partial charge in [-0.25, -0.2) is 9.78 Å². The first-order chi connectivity index (χ1) is 17.4. The summed E-state index contributed by atoms with van der Waals surface area (Å²) in [5, 5.41) is 16.1. The number of hydrogen-bond acceptors (Lipinski definition) is 6. The van der Waals surface area contributed by atoms with Crippen LogP contribution in [0.2, 0.25) is 0 Å². The highest BCUT2D eigenvalue weighted by Gasteiger charge is 2.52. The third-order valence-electron chi connectivity index (χ3n) is 7.30. The van der Waals surface area contributed by atoms with Crippen LogP contribution in [-0.4, -0.2) is 80.9 Å². The lowest BCUT2D eigenvalue weighted by atomic mass is 9.86. The van der Waals surface area contributed by atoms with Gasteiger partial charge in [0.1, 0.15) is 18.2 Å². The van der Waals surface area contributed by atoms with Gasteiger partial charge in [0.15, 0.2) is 0 Å². The largest absolute Gasteiger partial charge is 0.497 e. The van der Waals surface area contributed by atoms with Gasteiger partial charge in [0, 0.05) is 42.7 Å². The second kappa shape index (κ2) is 9.62. The predicted molar refractivity (Wildman–Crippen MR) is 133 cm³/mol. The molecule has 0 radical (unpaired) electrons. The number of ether oxygens (including phenoxy) is 1. The van der Waals surface area contributed by atoms with E-state index in [-0.39, 0.29) is 11.9 Å². The molecule has 2 aromatic heterocycles. The highest BCUT2D eigenvalue weighted by Crippen LogP contribution is 2.39. The molecule has 1 aromatic carbocycles. The third-order valence-corrected chi connectivity index (χ3v) is 7.30. The van der Waals surface area contributed by atoms with Gasteiger partial charge >= 0.3 is 6.03 Å². The number of H-pyrrole nitrogens is 1. The van der Waals surface area contributed by atoms with Crippen molar-refractivity contribution in [3.63, 3.8) is 0 Å². The monoisotopic (exact) mass is 490 g/mol. The molecule has 0 saturated carbocycles. The van der Waals surface area contributed by atoms with Crippen LogP contribution in [0.4, 0.5) is 10.6 Å². The summed E-state index contributed by atoms with van der Waals surface area (Å²) in [6.45, 7) is 3.30. The van der Waals surface area contributed by atoms with E-state index in [0.29, 0.717) is 44.8 Å². The van der Waals surface area contributed by atoms with Crippen LogP contribution in [0, 0.1) is 6.92 Å². The number of aromatic nitrogens is 3. The van der Waals surface area contributed by atoms with E-state index >= 15 is 0 Å². The number of methoxy groups -OCH3 is 1. The van der Waals surface area contributed by atoms with Crippen LogP contribution in [0.5, 0.6) is 5.75 Å². The Bertz CT molecular complexity index is 1250. The van der Waals surface area contributed by atoms with E-state index in [1.54, 1.807) is 23.1 Å². The molecule has 0 aliphatic carbocycles. The number of hydrogen-bond donors (Lipinski definition) is 2. The first kappa shape index (κ1) is 23.8. The first-order valence-electron chi connectivity index (χ1n) is 12.0. The number of likely N-dealkylation sites (tertiary alicyclic amines) is 1. The lowest BCUT2D eigenvalue weighted by Crippen LogP contribution is -2.55. The molecule has 3 aromatic rings. The summed E-state index contributed by atoms with van der Waals surface area (Å²) in [6, 6.07) is 11.5. The average Bonchev–Trinajstić information content (AvgIpc) is 3.52. The van der Waals surface area contributed by atoms with Crippen LogP contribution >= 0.6 is 0 Å². The minimum atomic E-state index is -0.502. The van der Waals surface area contributed by atoms with Crippen LogP contribution in [-0.2, 0) is 11.3 Å². The Hall–Kier alpha value is -3.92. The Morgan fingerprint density at radius 2 is 2.03 bits per heavy atom. The van der Waals surface area contributed by atoms with Crippen molar-refractivity contribution in [1.82, 2.24) is 25.0 Å². The molecule has 1 spiro atoms. The molecule has 5 rings (SSSR count). The number of carbonyl (C=O) groups is 2. The molecule has 2 aliphatic rings. The van der Waals surface area contributed by atoms with E-state index in [2.05, 4.69) is 10.2 Å². The molecule has 0 bridgehead atoms. The number of benzene rings is 1. The number of piperidine rings is 1. The molecule has 10 nitrogen and oxygen atoms in total. The Morgan fingerprint density at radius 1 is 1.22 bits per heavy atom. The number of aliphatic hydroxyl groups is 1. The van der Waals surface area contributed by atoms with Crippen molar-refractivity contribution in [2.75, 3.05) is 38.3 Å². The van der Waals surface area contributed by atoms with Crippen LogP contribution in [0.1, 0.15) is 24.1 Å². The standard InChI is InChI=1S/C26H30N6O4/c1-18-22(20-13-27-28-14-20)6-7-23(29-18)31-17-26(8-10-30(11-9-26)24(34)16-33)32(25(31)35)15-19-4-3-5-21(12-19)36-2/h3-7,12-14,33H,8-11,15-17H2,1-2H3,(H,27,28). The maximum absolute atomic E-state index is 13.9. The number of nitrogens with one attached hydrogen (secondary N) is 1. The number of amides is 3. The molecular weight excluding hydrogens is 460 g/mol. The van der Waals surface area contributed by atoms with Crippen molar-refractivity contribution in [2.24, 2.45) is 0 Å². The van der Waals surface area contributed by atoms with Gasteiger partial charge in [-0.1, -0.05) is 12.1 Å². The molecule has 4 heterocycles. The highest BCUT2D eigenvalue weighted by molar-refractivity contribution is 5.95. The van der Waals surface area contributed by atoms with E-state index in [4.69, 9.17) is 9.72 Å². The summed E-state index contributed by atoms with van der Waals surface area (Å²) < 4.78 is 5.38. The quantitative estimate of drug-likeness (QED) is 0.549. The number of nitrogens with zero attached hydrogens (tertiary/aromatic N) is 5. The maximum Gasteiger partial charge on any atom is 0.326 e. The fourth-order valence-electron chi connectivity index (χ4n) is 5.27. The molecular formula is C26H30N6O4. The van der Waals surface area contributed by atoms with Gasteiger partial charge in [-0.3, -0.25) is 14.8 Å². The molecule has 2 saturated heterocycles. The number of aryl methyl sites for hydroxylation is 1. The van der Waals surface area contributed by atoms with E-state index < -0.39 is 12.1 Å². The molecule has 3 amide bonds. The maximum atomic E-state index is 13.9. The van der Waals surface area contributed by atoms with Crippen molar-refractivity contribution in [2.45, 2.75) is 31.8 Å². The summed E-state index contributed by atoms with van der Waals surface area (Å²) in [5.74, 6) is 1.06. The number of aliphatic hydroxyl groups excluding tert-OH is 1. The number of pyridine rings is 1. The van der Waals surface area contributed by atoms with Crippen molar-refractivity contribution < 1.29 is 19.4 Å². The SMILES string of the molecule is COc1cccc(CN2C(=O)N(c3ccc(-c4cn[nH]c4)c(C)n3)CC23CCN(C(=O)CO)CC3)c1. The lowest BCUT2D eigenvalue weighted by molar-refractivity contribution is -0.136. The summed E-state index contributed by atoms with van der Waals surface area (Å²) >= 11 is 0. The minimum Gasteiger partial charge on any atom is -0.497 e.